The van der Waals surface area contributed by atoms with E-state index in [2.05, 4.69) is 0 Å². The largest absolute Gasteiger partial charge is 0.341 e. The summed E-state index contributed by atoms with van der Waals surface area (Å²) in [6.07, 6.45) is 4.87. The second-order valence-electron chi connectivity index (χ2n) is 6.52. The SMILES string of the molecule is O=C(C1CCCC1)N1CCCN(S(=O)(=O)c2ccc(Cl)cc2)CC1. The van der Waals surface area contributed by atoms with Crippen LogP contribution in [0, 0.1) is 5.92 Å². The Kier molecular flexibility index (Phi) is 5.47. The molecular formula is C17H23ClN2O3S. The number of nitrogens with zero attached hydrogens (tertiary/aromatic N) is 2. The van der Waals surface area contributed by atoms with Crippen molar-refractivity contribution in [2.75, 3.05) is 26.2 Å². The molecule has 2 fully saturated rings. The molecule has 24 heavy (non-hydrogen) atoms. The maximum Gasteiger partial charge on any atom is 0.243 e. The molecule has 0 atom stereocenters. The first-order valence-corrected chi connectivity index (χ1v) is 10.3. The lowest BCUT2D eigenvalue weighted by Crippen LogP contribution is -2.39. The molecule has 3 rings (SSSR count). The van der Waals surface area contributed by atoms with Crippen molar-refractivity contribution < 1.29 is 13.2 Å². The van der Waals surface area contributed by atoms with Gasteiger partial charge in [0.1, 0.15) is 0 Å². The second kappa shape index (κ2) is 7.42. The molecule has 1 aliphatic carbocycles. The minimum Gasteiger partial charge on any atom is -0.341 e. The Morgan fingerprint density at radius 2 is 1.62 bits per heavy atom. The van der Waals surface area contributed by atoms with Crippen molar-refractivity contribution in [2.45, 2.75) is 37.0 Å². The van der Waals surface area contributed by atoms with E-state index in [1.807, 2.05) is 4.90 Å². The maximum absolute atomic E-state index is 12.8. The summed E-state index contributed by atoms with van der Waals surface area (Å²) in [5.41, 5.74) is 0. The molecule has 1 heterocycles. The van der Waals surface area contributed by atoms with Gasteiger partial charge in [-0.05, 0) is 43.5 Å². The van der Waals surface area contributed by atoms with E-state index >= 15 is 0 Å². The Bertz CT molecular complexity index is 684. The highest BCUT2D eigenvalue weighted by atomic mass is 35.5. The van der Waals surface area contributed by atoms with Gasteiger partial charge in [-0.3, -0.25) is 4.79 Å². The summed E-state index contributed by atoms with van der Waals surface area (Å²) in [6, 6.07) is 6.23. The van der Waals surface area contributed by atoms with Crippen molar-refractivity contribution in [3.05, 3.63) is 29.3 Å². The number of hydrogen-bond donors (Lipinski definition) is 0. The van der Waals surface area contributed by atoms with Crippen LogP contribution in [0.2, 0.25) is 5.02 Å². The van der Waals surface area contributed by atoms with Crippen LogP contribution in [0.1, 0.15) is 32.1 Å². The molecule has 1 saturated carbocycles. The fraction of sp³-hybridized carbons (Fsp3) is 0.588. The quantitative estimate of drug-likeness (QED) is 0.822. The average Bonchev–Trinajstić information content (AvgIpc) is 2.98. The van der Waals surface area contributed by atoms with E-state index in [9.17, 15) is 13.2 Å². The van der Waals surface area contributed by atoms with E-state index in [4.69, 9.17) is 11.6 Å². The number of amides is 1. The third-order valence-corrected chi connectivity index (χ3v) is 7.09. The van der Waals surface area contributed by atoms with Crippen LogP contribution >= 0.6 is 11.6 Å². The Balaban J connectivity index is 1.68. The second-order valence-corrected chi connectivity index (χ2v) is 8.89. The molecular weight excluding hydrogens is 348 g/mol. The molecule has 2 aliphatic rings. The van der Waals surface area contributed by atoms with Gasteiger partial charge in [0.25, 0.3) is 0 Å². The third kappa shape index (κ3) is 3.76. The van der Waals surface area contributed by atoms with Crippen LogP contribution in [0.25, 0.3) is 0 Å². The van der Waals surface area contributed by atoms with Crippen LogP contribution < -0.4 is 0 Å². The van der Waals surface area contributed by atoms with Gasteiger partial charge in [0.05, 0.1) is 4.90 Å². The van der Waals surface area contributed by atoms with Crippen molar-refractivity contribution in [1.82, 2.24) is 9.21 Å². The number of carbonyl (C=O) groups excluding carboxylic acids is 1. The summed E-state index contributed by atoms with van der Waals surface area (Å²) in [7, 11) is -3.53. The van der Waals surface area contributed by atoms with E-state index in [0.29, 0.717) is 37.6 Å². The number of halogens is 1. The number of benzene rings is 1. The summed E-state index contributed by atoms with van der Waals surface area (Å²) >= 11 is 5.84. The van der Waals surface area contributed by atoms with E-state index in [0.717, 1.165) is 25.7 Å². The lowest BCUT2D eigenvalue weighted by Gasteiger charge is -2.24. The number of carbonyl (C=O) groups is 1. The number of sulfonamides is 1. The summed E-state index contributed by atoms with van der Waals surface area (Å²) < 4.78 is 27.0. The Morgan fingerprint density at radius 3 is 2.29 bits per heavy atom. The van der Waals surface area contributed by atoms with Crippen LogP contribution in [-0.4, -0.2) is 49.7 Å². The molecule has 0 spiro atoms. The standard InChI is InChI=1S/C17H23ClN2O3S/c18-15-6-8-16(9-7-15)24(22,23)20-11-3-10-19(12-13-20)17(21)14-4-1-2-5-14/h6-9,14H,1-5,10-13H2. The molecule has 1 saturated heterocycles. The molecule has 1 aromatic rings. The zero-order valence-electron chi connectivity index (χ0n) is 13.7. The lowest BCUT2D eigenvalue weighted by molar-refractivity contribution is -0.135. The summed E-state index contributed by atoms with van der Waals surface area (Å²) in [5.74, 6) is 0.350. The zero-order chi connectivity index (χ0) is 17.2. The van der Waals surface area contributed by atoms with Gasteiger partial charge in [-0.15, -0.1) is 0 Å². The predicted octanol–water partition coefficient (Wildman–Crippen LogP) is 2.75. The smallest absolute Gasteiger partial charge is 0.243 e. The molecule has 0 N–H and O–H groups in total. The van der Waals surface area contributed by atoms with Crippen LogP contribution in [0.3, 0.4) is 0 Å². The first-order valence-electron chi connectivity index (χ1n) is 8.53. The van der Waals surface area contributed by atoms with Gasteiger partial charge >= 0.3 is 0 Å². The molecule has 132 valence electrons. The number of rotatable bonds is 3. The zero-order valence-corrected chi connectivity index (χ0v) is 15.2. The minimum atomic E-state index is -3.53. The van der Waals surface area contributed by atoms with Gasteiger partial charge < -0.3 is 4.90 Å². The molecule has 1 aliphatic heterocycles. The van der Waals surface area contributed by atoms with Gasteiger partial charge in [-0.2, -0.15) is 4.31 Å². The summed E-state index contributed by atoms with van der Waals surface area (Å²) in [5, 5.41) is 0.512. The molecule has 5 nitrogen and oxygen atoms in total. The first kappa shape index (κ1) is 17.7. The molecule has 0 aromatic heterocycles. The van der Waals surface area contributed by atoms with Crippen LogP contribution in [0.5, 0.6) is 0 Å². The average molecular weight is 371 g/mol. The van der Waals surface area contributed by atoms with Gasteiger partial charge in [0.2, 0.25) is 15.9 Å². The first-order chi connectivity index (χ1) is 11.5. The highest BCUT2D eigenvalue weighted by Gasteiger charge is 2.31. The van der Waals surface area contributed by atoms with Crippen LogP contribution in [-0.2, 0) is 14.8 Å². The van der Waals surface area contributed by atoms with Crippen molar-refractivity contribution in [3.63, 3.8) is 0 Å². The fourth-order valence-corrected chi connectivity index (χ4v) is 5.14. The highest BCUT2D eigenvalue weighted by molar-refractivity contribution is 7.89. The Labute approximate surface area is 148 Å². The molecule has 0 radical (unpaired) electrons. The van der Waals surface area contributed by atoms with Crippen LogP contribution in [0.4, 0.5) is 0 Å². The Hall–Kier alpha value is -1.11. The van der Waals surface area contributed by atoms with E-state index < -0.39 is 10.0 Å². The lowest BCUT2D eigenvalue weighted by atomic mass is 10.1. The van der Waals surface area contributed by atoms with Gasteiger partial charge in [0.15, 0.2) is 0 Å². The topological polar surface area (TPSA) is 57.7 Å². The van der Waals surface area contributed by atoms with Crippen molar-refractivity contribution in [2.24, 2.45) is 5.92 Å². The van der Waals surface area contributed by atoms with E-state index in [1.165, 1.54) is 16.4 Å². The van der Waals surface area contributed by atoms with E-state index in [1.54, 1.807) is 12.1 Å². The van der Waals surface area contributed by atoms with Gasteiger partial charge in [0, 0.05) is 37.1 Å². The molecule has 7 heteroatoms. The van der Waals surface area contributed by atoms with Crippen molar-refractivity contribution >= 4 is 27.5 Å². The summed E-state index contributed by atoms with van der Waals surface area (Å²) in [6.45, 7) is 1.91. The molecule has 1 aromatic carbocycles. The summed E-state index contributed by atoms with van der Waals surface area (Å²) in [4.78, 5) is 14.7. The fourth-order valence-electron chi connectivity index (χ4n) is 3.54. The molecule has 0 bridgehead atoms. The maximum atomic E-state index is 12.8. The predicted molar refractivity (Wildman–Crippen MR) is 93.4 cm³/mol. The van der Waals surface area contributed by atoms with Gasteiger partial charge in [-0.25, -0.2) is 8.42 Å². The van der Waals surface area contributed by atoms with Gasteiger partial charge in [-0.1, -0.05) is 24.4 Å². The Morgan fingerprint density at radius 1 is 0.958 bits per heavy atom. The molecule has 0 unspecified atom stereocenters. The minimum absolute atomic E-state index is 0.143. The molecule has 1 amide bonds. The highest BCUT2D eigenvalue weighted by Crippen LogP contribution is 2.27. The van der Waals surface area contributed by atoms with Crippen LogP contribution in [0.15, 0.2) is 29.2 Å². The van der Waals surface area contributed by atoms with Crippen molar-refractivity contribution in [1.29, 1.82) is 0 Å². The normalized spacial score (nSPS) is 21.0. The van der Waals surface area contributed by atoms with Crippen molar-refractivity contribution in [3.8, 4) is 0 Å². The third-order valence-electron chi connectivity index (χ3n) is 4.92. The monoisotopic (exact) mass is 370 g/mol. The van der Waals surface area contributed by atoms with E-state index in [-0.39, 0.29) is 16.7 Å². The number of hydrogen-bond acceptors (Lipinski definition) is 3.